The van der Waals surface area contributed by atoms with E-state index in [1.807, 2.05) is 0 Å². The second kappa shape index (κ2) is 4.98. The number of aliphatic hydroxyl groups excluding tert-OH is 1. The summed E-state index contributed by atoms with van der Waals surface area (Å²) in [6.07, 6.45) is 2.01. The Kier molecular flexibility index (Phi) is 3.62. The van der Waals surface area contributed by atoms with Gasteiger partial charge in [-0.1, -0.05) is 30.7 Å². The Hall–Kier alpha value is -0.860. The van der Waals surface area contributed by atoms with Gasteiger partial charge < -0.3 is 10.4 Å². The van der Waals surface area contributed by atoms with Gasteiger partial charge in [-0.05, 0) is 43.4 Å². The number of fused-ring (bicyclic) bond motifs is 1. The van der Waals surface area contributed by atoms with Crippen LogP contribution in [0, 0.1) is 12.8 Å². The molecule has 2 heteroatoms. The van der Waals surface area contributed by atoms with Gasteiger partial charge in [-0.25, -0.2) is 0 Å². The van der Waals surface area contributed by atoms with Crippen molar-refractivity contribution in [1.82, 2.24) is 5.32 Å². The predicted octanol–water partition coefficient (Wildman–Crippen LogP) is 2.20. The summed E-state index contributed by atoms with van der Waals surface area (Å²) < 4.78 is 0. The minimum Gasteiger partial charge on any atom is -0.396 e. The van der Waals surface area contributed by atoms with E-state index in [-0.39, 0.29) is 6.61 Å². The molecule has 0 heterocycles. The fraction of sp³-hybridized carbons (Fsp3) is 0.571. The van der Waals surface area contributed by atoms with E-state index in [2.05, 4.69) is 37.4 Å². The van der Waals surface area contributed by atoms with E-state index < -0.39 is 0 Å². The van der Waals surface area contributed by atoms with Gasteiger partial charge in [0.25, 0.3) is 0 Å². The minimum absolute atomic E-state index is 0.273. The number of hydrogen-bond acceptors (Lipinski definition) is 2. The maximum absolute atomic E-state index is 8.81. The second-order valence-corrected chi connectivity index (χ2v) is 4.89. The number of rotatable bonds is 4. The Bertz CT molecular complexity index is 362. The molecule has 88 valence electrons. The summed E-state index contributed by atoms with van der Waals surface area (Å²) in [7, 11) is 0. The van der Waals surface area contributed by atoms with E-state index in [1.165, 1.54) is 23.1 Å². The molecule has 0 spiro atoms. The van der Waals surface area contributed by atoms with Gasteiger partial charge >= 0.3 is 0 Å². The Labute approximate surface area is 97.7 Å². The molecule has 0 amide bonds. The predicted molar refractivity (Wildman–Crippen MR) is 66.5 cm³/mol. The van der Waals surface area contributed by atoms with Crippen LogP contribution in [0.5, 0.6) is 0 Å². The molecule has 0 saturated carbocycles. The van der Waals surface area contributed by atoms with Crippen molar-refractivity contribution in [2.75, 3.05) is 13.2 Å². The maximum Gasteiger partial charge on any atom is 0.0443 e. The van der Waals surface area contributed by atoms with E-state index in [0.717, 1.165) is 13.0 Å². The molecule has 1 aliphatic carbocycles. The molecule has 2 unspecified atom stereocenters. The Morgan fingerprint density at radius 1 is 1.44 bits per heavy atom. The Morgan fingerprint density at radius 3 is 3.00 bits per heavy atom. The first-order valence-corrected chi connectivity index (χ1v) is 6.16. The monoisotopic (exact) mass is 219 g/mol. The van der Waals surface area contributed by atoms with Crippen LogP contribution >= 0.6 is 0 Å². The normalized spacial score (nSPS) is 23.4. The number of aliphatic hydroxyl groups is 1. The van der Waals surface area contributed by atoms with Crippen LogP contribution in [0.15, 0.2) is 18.2 Å². The van der Waals surface area contributed by atoms with Crippen molar-refractivity contribution in [1.29, 1.82) is 0 Å². The topological polar surface area (TPSA) is 32.3 Å². The first-order valence-electron chi connectivity index (χ1n) is 6.16. The summed E-state index contributed by atoms with van der Waals surface area (Å²) in [6, 6.07) is 7.23. The van der Waals surface area contributed by atoms with Crippen LogP contribution in [0.2, 0.25) is 0 Å². The quantitative estimate of drug-likeness (QED) is 0.761. The molecule has 1 aromatic carbocycles. The van der Waals surface area contributed by atoms with Crippen molar-refractivity contribution < 1.29 is 5.11 Å². The van der Waals surface area contributed by atoms with Crippen molar-refractivity contribution in [3.8, 4) is 0 Å². The first-order chi connectivity index (χ1) is 7.72. The van der Waals surface area contributed by atoms with Crippen LogP contribution in [0.3, 0.4) is 0 Å². The molecule has 2 N–H and O–H groups in total. The van der Waals surface area contributed by atoms with Crippen LogP contribution in [0.4, 0.5) is 0 Å². The van der Waals surface area contributed by atoms with E-state index in [0.29, 0.717) is 12.0 Å². The van der Waals surface area contributed by atoms with Gasteiger partial charge in [0.05, 0.1) is 0 Å². The largest absolute Gasteiger partial charge is 0.396 e. The fourth-order valence-corrected chi connectivity index (χ4v) is 2.61. The maximum atomic E-state index is 8.81. The number of hydrogen-bond donors (Lipinski definition) is 2. The first kappa shape index (κ1) is 11.6. The average molecular weight is 219 g/mol. The molecule has 2 nitrogen and oxygen atoms in total. The van der Waals surface area contributed by atoms with Gasteiger partial charge in [0.2, 0.25) is 0 Å². The molecule has 0 saturated heterocycles. The summed E-state index contributed by atoms with van der Waals surface area (Å²) in [5, 5.41) is 12.4. The van der Waals surface area contributed by atoms with Crippen molar-refractivity contribution in [3.05, 3.63) is 34.9 Å². The molecule has 0 aliphatic heterocycles. The molecular weight excluding hydrogens is 198 g/mol. The summed E-state index contributed by atoms with van der Waals surface area (Å²) in [4.78, 5) is 0. The molecule has 0 aromatic heterocycles. The highest BCUT2D eigenvalue weighted by Crippen LogP contribution is 2.36. The Morgan fingerprint density at radius 2 is 2.25 bits per heavy atom. The van der Waals surface area contributed by atoms with Crippen molar-refractivity contribution >= 4 is 0 Å². The highest BCUT2D eigenvalue weighted by atomic mass is 16.3. The molecule has 2 rings (SSSR count). The minimum atomic E-state index is 0.273. The molecular formula is C14H21NO. The third kappa shape index (κ3) is 2.28. The van der Waals surface area contributed by atoms with Gasteiger partial charge in [0.15, 0.2) is 0 Å². The molecule has 2 atom stereocenters. The zero-order chi connectivity index (χ0) is 11.5. The lowest BCUT2D eigenvalue weighted by molar-refractivity contribution is 0.279. The lowest BCUT2D eigenvalue weighted by Crippen LogP contribution is -2.25. The van der Waals surface area contributed by atoms with Crippen LogP contribution in [0.1, 0.15) is 36.1 Å². The van der Waals surface area contributed by atoms with E-state index in [9.17, 15) is 0 Å². The molecule has 1 aromatic rings. The fourth-order valence-electron chi connectivity index (χ4n) is 2.61. The molecule has 0 radical (unpaired) electrons. The van der Waals surface area contributed by atoms with E-state index >= 15 is 0 Å². The number of nitrogens with one attached hydrogen (secondary N) is 1. The van der Waals surface area contributed by atoms with Crippen LogP contribution in [0.25, 0.3) is 0 Å². The van der Waals surface area contributed by atoms with Crippen molar-refractivity contribution in [2.45, 2.75) is 32.7 Å². The van der Waals surface area contributed by atoms with Crippen molar-refractivity contribution in [2.24, 2.45) is 5.92 Å². The molecule has 0 bridgehead atoms. The van der Waals surface area contributed by atoms with Crippen LogP contribution < -0.4 is 5.32 Å². The lowest BCUT2D eigenvalue weighted by Gasteiger charge is -2.18. The highest BCUT2D eigenvalue weighted by molar-refractivity contribution is 5.38. The van der Waals surface area contributed by atoms with Crippen molar-refractivity contribution in [3.63, 3.8) is 0 Å². The summed E-state index contributed by atoms with van der Waals surface area (Å²) in [5.74, 6) is 0.662. The third-order valence-electron chi connectivity index (χ3n) is 3.45. The zero-order valence-electron chi connectivity index (χ0n) is 10.2. The highest BCUT2D eigenvalue weighted by Gasteiger charge is 2.28. The van der Waals surface area contributed by atoms with Gasteiger partial charge in [0, 0.05) is 12.6 Å². The second-order valence-electron chi connectivity index (χ2n) is 4.89. The summed E-state index contributed by atoms with van der Waals surface area (Å²) in [6.45, 7) is 5.62. The van der Waals surface area contributed by atoms with Crippen LogP contribution in [-0.4, -0.2) is 18.3 Å². The average Bonchev–Trinajstić information content (AvgIpc) is 2.56. The Balaban J connectivity index is 2.11. The summed E-state index contributed by atoms with van der Waals surface area (Å²) in [5.41, 5.74) is 4.28. The van der Waals surface area contributed by atoms with Gasteiger partial charge in [-0.3, -0.25) is 0 Å². The molecule has 0 fully saturated rings. The van der Waals surface area contributed by atoms with E-state index in [4.69, 9.17) is 5.11 Å². The number of aryl methyl sites for hydroxylation is 1. The smallest absolute Gasteiger partial charge is 0.0443 e. The molecule has 1 aliphatic rings. The van der Waals surface area contributed by atoms with Gasteiger partial charge in [0.1, 0.15) is 0 Å². The van der Waals surface area contributed by atoms with E-state index in [1.54, 1.807) is 0 Å². The third-order valence-corrected chi connectivity index (χ3v) is 3.45. The SMILES string of the molecule is Cc1ccc2c(c1)C(NCCCO)C(C)C2. The van der Waals surface area contributed by atoms with Gasteiger partial charge in [-0.2, -0.15) is 0 Å². The molecule has 16 heavy (non-hydrogen) atoms. The summed E-state index contributed by atoms with van der Waals surface area (Å²) >= 11 is 0. The lowest BCUT2D eigenvalue weighted by atomic mass is 10.0. The van der Waals surface area contributed by atoms with Gasteiger partial charge in [-0.15, -0.1) is 0 Å². The zero-order valence-corrected chi connectivity index (χ0v) is 10.2. The van der Waals surface area contributed by atoms with Crippen LogP contribution in [-0.2, 0) is 6.42 Å². The standard InChI is InChI=1S/C14H21NO/c1-10-4-5-12-9-11(2)14(13(12)8-10)15-6-3-7-16/h4-5,8,11,14-16H,3,6-7,9H2,1-2H3. The number of benzene rings is 1.